The van der Waals surface area contributed by atoms with E-state index >= 15 is 0 Å². The zero-order valence-electron chi connectivity index (χ0n) is 21.8. The molecular weight excluding hydrogens is 540 g/mol. The van der Waals surface area contributed by atoms with Gasteiger partial charge >= 0.3 is 0 Å². The molecule has 36 heavy (non-hydrogen) atoms. The predicted octanol–water partition coefficient (Wildman–Crippen LogP) is 7.04. The van der Waals surface area contributed by atoms with Gasteiger partial charge in [-0.25, -0.2) is 0 Å². The third kappa shape index (κ3) is 7.72. The Morgan fingerprint density at radius 2 is 1.83 bits per heavy atom. The number of benzene rings is 2. The summed E-state index contributed by atoms with van der Waals surface area (Å²) in [6.45, 7) is 8.44. The average molecular weight is 578 g/mol. The van der Waals surface area contributed by atoms with Crippen LogP contribution in [-0.4, -0.2) is 35.4 Å². The Morgan fingerprint density at radius 1 is 1.14 bits per heavy atom. The maximum Gasteiger partial charge on any atom is 0.261 e. The summed E-state index contributed by atoms with van der Waals surface area (Å²) in [5.41, 5.74) is 1.97. The molecule has 0 aromatic heterocycles. The fraction of sp³-hybridized carbons (Fsp3) is 0.517. The van der Waals surface area contributed by atoms with E-state index in [-0.39, 0.29) is 36.4 Å². The summed E-state index contributed by atoms with van der Waals surface area (Å²) in [6.07, 6.45) is 5.94. The molecule has 0 heterocycles. The first-order valence-electron chi connectivity index (χ1n) is 12.9. The highest BCUT2D eigenvalue weighted by molar-refractivity contribution is 9.10. The first kappa shape index (κ1) is 28.5. The molecular formula is C29H38BrClN2O3. The first-order valence-corrected chi connectivity index (χ1v) is 14.0. The van der Waals surface area contributed by atoms with Crippen LogP contribution in [-0.2, 0) is 21.5 Å². The van der Waals surface area contributed by atoms with Crippen LogP contribution in [0.3, 0.4) is 0 Å². The van der Waals surface area contributed by atoms with Crippen molar-refractivity contribution in [3.05, 3.63) is 63.1 Å². The van der Waals surface area contributed by atoms with Crippen LogP contribution in [0.15, 0.2) is 46.9 Å². The third-order valence-electron chi connectivity index (χ3n) is 6.79. The fourth-order valence-corrected chi connectivity index (χ4v) is 5.27. The van der Waals surface area contributed by atoms with E-state index in [2.05, 4.69) is 42.0 Å². The highest BCUT2D eigenvalue weighted by Gasteiger charge is 2.31. The van der Waals surface area contributed by atoms with Crippen molar-refractivity contribution in [3.63, 3.8) is 0 Å². The van der Waals surface area contributed by atoms with Gasteiger partial charge in [-0.05, 0) is 69.9 Å². The highest BCUT2D eigenvalue weighted by atomic mass is 79.9. The van der Waals surface area contributed by atoms with E-state index in [1.165, 1.54) is 12.0 Å². The third-order valence-corrected chi connectivity index (χ3v) is 7.77. The largest absolute Gasteiger partial charge is 0.483 e. The zero-order valence-corrected chi connectivity index (χ0v) is 24.1. The number of hydrogen-bond donors (Lipinski definition) is 1. The Kier molecular flexibility index (Phi) is 10.3. The minimum absolute atomic E-state index is 0.00264. The second-order valence-electron chi connectivity index (χ2n) is 10.6. The van der Waals surface area contributed by atoms with Crippen LogP contribution >= 0.6 is 27.5 Å². The van der Waals surface area contributed by atoms with Crippen molar-refractivity contribution < 1.29 is 14.3 Å². The van der Waals surface area contributed by atoms with Gasteiger partial charge in [-0.3, -0.25) is 9.59 Å². The number of nitrogens with zero attached hydrogens (tertiary/aromatic N) is 1. The Morgan fingerprint density at radius 3 is 2.44 bits per heavy atom. The molecule has 7 heteroatoms. The molecule has 5 nitrogen and oxygen atoms in total. The maximum atomic E-state index is 13.5. The van der Waals surface area contributed by atoms with Crippen molar-refractivity contribution in [2.75, 3.05) is 6.61 Å². The van der Waals surface area contributed by atoms with E-state index in [9.17, 15) is 9.59 Å². The number of carbonyl (C=O) groups is 2. The number of hydrogen-bond acceptors (Lipinski definition) is 3. The number of carbonyl (C=O) groups excluding carboxylic acids is 2. The molecule has 2 amide bonds. The van der Waals surface area contributed by atoms with E-state index < -0.39 is 6.04 Å². The van der Waals surface area contributed by atoms with Crippen LogP contribution in [0.1, 0.15) is 77.3 Å². The number of ether oxygens (including phenoxy) is 1. The summed E-state index contributed by atoms with van der Waals surface area (Å²) in [5, 5.41) is 3.76. The Bertz CT molecular complexity index is 1050. The molecule has 196 valence electrons. The molecule has 0 spiro atoms. The fourth-order valence-electron chi connectivity index (χ4n) is 4.58. The van der Waals surface area contributed by atoms with Crippen LogP contribution in [0.5, 0.6) is 5.75 Å². The maximum absolute atomic E-state index is 13.5. The molecule has 0 aliphatic heterocycles. The summed E-state index contributed by atoms with van der Waals surface area (Å²) < 4.78 is 6.73. The van der Waals surface area contributed by atoms with Crippen molar-refractivity contribution in [1.29, 1.82) is 0 Å². The quantitative estimate of drug-likeness (QED) is 0.348. The van der Waals surface area contributed by atoms with E-state index in [0.717, 1.165) is 35.7 Å². The van der Waals surface area contributed by atoms with Gasteiger partial charge in [0, 0.05) is 17.6 Å². The van der Waals surface area contributed by atoms with Crippen LogP contribution in [0, 0.1) is 0 Å². The van der Waals surface area contributed by atoms with E-state index in [1.54, 1.807) is 11.0 Å². The van der Waals surface area contributed by atoms with Crippen LogP contribution in [0.2, 0.25) is 5.02 Å². The molecule has 3 rings (SSSR count). The highest BCUT2D eigenvalue weighted by Crippen LogP contribution is 2.31. The standard InChI is InChI=1S/C29H38BrClN2O3/c1-5-25(28(35)32-22-12-7-6-8-13-22)33(18-20-11-9-10-14-24(20)31)27(34)19-36-26-16-15-21(17-23(26)30)29(2,3)4/h9-11,14-17,22,25H,5-8,12-13,18-19H2,1-4H3,(H,32,35). The van der Waals surface area contributed by atoms with Gasteiger partial charge in [-0.2, -0.15) is 0 Å². The number of rotatable bonds is 9. The lowest BCUT2D eigenvalue weighted by molar-refractivity contribution is -0.143. The minimum Gasteiger partial charge on any atom is -0.483 e. The molecule has 1 N–H and O–H groups in total. The molecule has 0 radical (unpaired) electrons. The van der Waals surface area contributed by atoms with Crippen molar-refractivity contribution in [1.82, 2.24) is 10.2 Å². The molecule has 2 aromatic rings. The smallest absolute Gasteiger partial charge is 0.261 e. The van der Waals surface area contributed by atoms with Gasteiger partial charge < -0.3 is 15.0 Å². The van der Waals surface area contributed by atoms with Gasteiger partial charge in [0.1, 0.15) is 11.8 Å². The van der Waals surface area contributed by atoms with Crippen molar-refractivity contribution in [3.8, 4) is 5.75 Å². The Labute approximate surface area is 229 Å². The molecule has 0 bridgehead atoms. The van der Waals surface area contributed by atoms with Crippen molar-refractivity contribution in [2.45, 2.75) is 90.3 Å². The SMILES string of the molecule is CCC(C(=O)NC1CCCCC1)N(Cc1ccccc1Cl)C(=O)COc1ccc(C(C)(C)C)cc1Br. The summed E-state index contributed by atoms with van der Waals surface area (Å²) >= 11 is 10.0. The number of nitrogens with one attached hydrogen (secondary N) is 1. The average Bonchev–Trinajstić information content (AvgIpc) is 2.84. The monoisotopic (exact) mass is 576 g/mol. The lowest BCUT2D eigenvalue weighted by atomic mass is 9.87. The lowest BCUT2D eigenvalue weighted by Gasteiger charge is -2.33. The van der Waals surface area contributed by atoms with Gasteiger partial charge in [-0.15, -0.1) is 0 Å². The predicted molar refractivity (Wildman–Crippen MR) is 149 cm³/mol. The Hall–Kier alpha value is -2.05. The molecule has 1 aliphatic rings. The number of halogens is 2. The van der Waals surface area contributed by atoms with Gasteiger partial charge in [0.2, 0.25) is 5.91 Å². The molecule has 0 saturated heterocycles. The van der Waals surface area contributed by atoms with Gasteiger partial charge in [0.25, 0.3) is 5.91 Å². The normalized spacial score (nSPS) is 15.3. The molecule has 1 aliphatic carbocycles. The van der Waals surface area contributed by atoms with Crippen LogP contribution < -0.4 is 10.1 Å². The molecule has 1 fully saturated rings. The summed E-state index contributed by atoms with van der Waals surface area (Å²) in [7, 11) is 0. The zero-order chi connectivity index (χ0) is 26.3. The van der Waals surface area contributed by atoms with Gasteiger partial charge in [0.05, 0.1) is 4.47 Å². The van der Waals surface area contributed by atoms with E-state index in [4.69, 9.17) is 16.3 Å². The first-order chi connectivity index (χ1) is 17.1. The van der Waals surface area contributed by atoms with Gasteiger partial charge in [-0.1, -0.05) is 82.8 Å². The summed E-state index contributed by atoms with van der Waals surface area (Å²) in [4.78, 5) is 28.5. The van der Waals surface area contributed by atoms with Crippen molar-refractivity contribution in [2.24, 2.45) is 0 Å². The Balaban J connectivity index is 1.78. The molecule has 1 unspecified atom stereocenters. The van der Waals surface area contributed by atoms with Gasteiger partial charge in [0.15, 0.2) is 6.61 Å². The second kappa shape index (κ2) is 13.0. The lowest BCUT2D eigenvalue weighted by Crippen LogP contribution is -2.52. The summed E-state index contributed by atoms with van der Waals surface area (Å²) in [5.74, 6) is 0.224. The molecule has 1 atom stereocenters. The minimum atomic E-state index is -0.606. The number of amides is 2. The van der Waals surface area contributed by atoms with E-state index in [1.807, 2.05) is 43.3 Å². The van der Waals surface area contributed by atoms with Crippen molar-refractivity contribution >= 4 is 39.3 Å². The van der Waals surface area contributed by atoms with E-state index in [0.29, 0.717) is 17.2 Å². The van der Waals surface area contributed by atoms with Crippen LogP contribution in [0.25, 0.3) is 0 Å². The van der Waals surface area contributed by atoms with Crippen LogP contribution in [0.4, 0.5) is 0 Å². The topological polar surface area (TPSA) is 58.6 Å². The molecule has 2 aromatic carbocycles. The molecule has 1 saturated carbocycles. The second-order valence-corrected chi connectivity index (χ2v) is 11.8. The summed E-state index contributed by atoms with van der Waals surface area (Å²) in [6, 6.07) is 12.9.